The third kappa shape index (κ3) is 3.60. The smallest absolute Gasteiger partial charge is 0.271 e. The van der Waals surface area contributed by atoms with Crippen molar-refractivity contribution in [3.05, 3.63) is 65.6 Å². The Bertz CT molecular complexity index is 962. The number of carbonyl (C=O) groups excluding carboxylic acids is 1. The summed E-state index contributed by atoms with van der Waals surface area (Å²) >= 11 is 0. The zero-order chi connectivity index (χ0) is 19.5. The molecule has 1 N–H and O–H groups in total. The third-order valence-corrected chi connectivity index (χ3v) is 5.11. The first-order valence-corrected chi connectivity index (χ1v) is 9.26. The molecular formula is C21H23N3O4. The second kappa shape index (κ2) is 7.80. The third-order valence-electron chi connectivity index (χ3n) is 5.11. The monoisotopic (exact) mass is 381 g/mol. The molecule has 1 unspecified atom stereocenters. The molecule has 3 heterocycles. The molecular weight excluding hydrogens is 358 g/mol. The van der Waals surface area contributed by atoms with Crippen molar-refractivity contribution in [1.82, 2.24) is 14.9 Å². The van der Waals surface area contributed by atoms with Crippen molar-refractivity contribution in [2.24, 2.45) is 0 Å². The van der Waals surface area contributed by atoms with Gasteiger partial charge in [0.25, 0.3) is 5.91 Å². The summed E-state index contributed by atoms with van der Waals surface area (Å²) in [4.78, 5) is 16.9. The van der Waals surface area contributed by atoms with Crippen LogP contribution >= 0.6 is 0 Å². The van der Waals surface area contributed by atoms with Crippen LogP contribution in [0.4, 0.5) is 0 Å². The highest BCUT2D eigenvalue weighted by Crippen LogP contribution is 2.36. The van der Waals surface area contributed by atoms with Crippen LogP contribution in [0.3, 0.4) is 0 Å². The second-order valence-corrected chi connectivity index (χ2v) is 6.80. The molecule has 1 aromatic carbocycles. The first kappa shape index (κ1) is 18.2. The van der Waals surface area contributed by atoms with Gasteiger partial charge in [0, 0.05) is 30.6 Å². The number of rotatable bonds is 6. The number of nitrogens with zero attached hydrogens (tertiary/aromatic N) is 2. The molecule has 1 aliphatic rings. The Hall–Kier alpha value is -3.22. The topological polar surface area (TPSA) is 78.5 Å². The van der Waals surface area contributed by atoms with Gasteiger partial charge in [0.05, 0.1) is 27.0 Å². The van der Waals surface area contributed by atoms with Crippen molar-refractivity contribution in [1.29, 1.82) is 0 Å². The number of aromatic nitrogens is 2. The van der Waals surface area contributed by atoms with Gasteiger partial charge in [-0.05, 0) is 36.8 Å². The van der Waals surface area contributed by atoms with E-state index in [1.54, 1.807) is 26.5 Å². The summed E-state index contributed by atoms with van der Waals surface area (Å²) in [6, 6.07) is 9.48. The lowest BCUT2D eigenvalue weighted by Gasteiger charge is -2.25. The van der Waals surface area contributed by atoms with Crippen LogP contribution in [-0.2, 0) is 19.5 Å². The van der Waals surface area contributed by atoms with E-state index >= 15 is 0 Å². The summed E-state index contributed by atoms with van der Waals surface area (Å²) in [6.45, 7) is 1.09. The fourth-order valence-corrected chi connectivity index (χ4v) is 3.64. The van der Waals surface area contributed by atoms with E-state index in [0.29, 0.717) is 18.0 Å². The maximum Gasteiger partial charge on any atom is 0.271 e. The second-order valence-electron chi connectivity index (χ2n) is 6.80. The molecule has 1 amide bonds. The SMILES string of the molecule is COc1ccc(OC)c(C2CCc3nc(C(=O)NCc4ccco4)cn3C2)c1. The van der Waals surface area contributed by atoms with Crippen LogP contribution in [0.25, 0.3) is 0 Å². The number of hydrogen-bond donors (Lipinski definition) is 1. The molecule has 1 aliphatic heterocycles. The predicted octanol–water partition coefficient (Wildman–Crippen LogP) is 3.15. The summed E-state index contributed by atoms with van der Waals surface area (Å²) in [5.41, 5.74) is 1.55. The van der Waals surface area contributed by atoms with Crippen molar-refractivity contribution in [2.45, 2.75) is 31.8 Å². The Morgan fingerprint density at radius 3 is 2.96 bits per heavy atom. The molecule has 146 valence electrons. The number of aryl methyl sites for hydroxylation is 1. The minimum Gasteiger partial charge on any atom is -0.497 e. The highest BCUT2D eigenvalue weighted by Gasteiger charge is 2.26. The standard InChI is InChI=1S/C21H23N3O4/c1-26-15-6-7-19(27-2)17(10-15)14-5-8-20-23-18(13-24(20)12-14)21(25)22-11-16-4-3-9-28-16/h3-4,6-7,9-10,13-14H,5,8,11-12H2,1-2H3,(H,22,25). The lowest BCUT2D eigenvalue weighted by Crippen LogP contribution is -2.22. The van der Waals surface area contributed by atoms with Gasteiger partial charge in [-0.15, -0.1) is 0 Å². The largest absolute Gasteiger partial charge is 0.497 e. The molecule has 2 aromatic heterocycles. The van der Waals surface area contributed by atoms with Gasteiger partial charge < -0.3 is 23.8 Å². The first-order valence-electron chi connectivity index (χ1n) is 9.26. The quantitative estimate of drug-likeness (QED) is 0.710. The minimum absolute atomic E-state index is 0.200. The zero-order valence-corrected chi connectivity index (χ0v) is 16.0. The van der Waals surface area contributed by atoms with Crippen LogP contribution in [0.5, 0.6) is 11.5 Å². The number of imidazole rings is 1. The molecule has 7 nitrogen and oxygen atoms in total. The number of benzene rings is 1. The number of methoxy groups -OCH3 is 2. The van der Waals surface area contributed by atoms with E-state index in [2.05, 4.69) is 14.9 Å². The summed E-state index contributed by atoms with van der Waals surface area (Å²) in [5.74, 6) is 3.37. The van der Waals surface area contributed by atoms with Crippen molar-refractivity contribution >= 4 is 5.91 Å². The van der Waals surface area contributed by atoms with Crippen LogP contribution in [0.2, 0.25) is 0 Å². The van der Waals surface area contributed by atoms with Gasteiger partial charge in [-0.2, -0.15) is 0 Å². The van der Waals surface area contributed by atoms with Crippen molar-refractivity contribution in [3.8, 4) is 11.5 Å². The van der Waals surface area contributed by atoms with Crippen LogP contribution in [0.15, 0.2) is 47.2 Å². The van der Waals surface area contributed by atoms with Gasteiger partial charge >= 0.3 is 0 Å². The molecule has 28 heavy (non-hydrogen) atoms. The normalized spacial score (nSPS) is 15.7. The lowest BCUT2D eigenvalue weighted by atomic mass is 9.90. The fourth-order valence-electron chi connectivity index (χ4n) is 3.64. The number of nitrogens with one attached hydrogen (secondary N) is 1. The minimum atomic E-state index is -0.200. The van der Waals surface area contributed by atoms with E-state index < -0.39 is 0 Å². The van der Waals surface area contributed by atoms with Gasteiger partial charge in [0.15, 0.2) is 0 Å². The lowest BCUT2D eigenvalue weighted by molar-refractivity contribution is 0.0943. The number of fused-ring (bicyclic) bond motifs is 1. The van der Waals surface area contributed by atoms with Crippen molar-refractivity contribution in [3.63, 3.8) is 0 Å². The summed E-state index contributed by atoms with van der Waals surface area (Å²) in [6.07, 6.45) is 5.15. The maximum absolute atomic E-state index is 12.4. The number of ether oxygens (including phenoxy) is 2. The van der Waals surface area contributed by atoms with Gasteiger partial charge in [0.2, 0.25) is 0 Å². The van der Waals surface area contributed by atoms with Crippen LogP contribution in [0.1, 0.15) is 40.0 Å². The summed E-state index contributed by atoms with van der Waals surface area (Å²) in [5, 5.41) is 2.84. The number of hydrogen-bond acceptors (Lipinski definition) is 5. The summed E-state index contributed by atoms with van der Waals surface area (Å²) < 4.78 is 18.2. The molecule has 3 aromatic rings. The fraction of sp³-hybridized carbons (Fsp3) is 0.333. The average molecular weight is 381 g/mol. The van der Waals surface area contributed by atoms with Gasteiger partial charge in [0.1, 0.15) is 28.8 Å². The molecule has 0 fully saturated rings. The van der Waals surface area contributed by atoms with Gasteiger partial charge in [-0.3, -0.25) is 4.79 Å². The van der Waals surface area contributed by atoms with Crippen molar-refractivity contribution < 1.29 is 18.7 Å². The molecule has 4 rings (SSSR count). The van der Waals surface area contributed by atoms with E-state index in [9.17, 15) is 4.79 Å². The Morgan fingerprint density at radius 2 is 2.21 bits per heavy atom. The average Bonchev–Trinajstić information content (AvgIpc) is 3.40. The summed E-state index contributed by atoms with van der Waals surface area (Å²) in [7, 11) is 3.34. The van der Waals surface area contributed by atoms with Gasteiger partial charge in [-0.25, -0.2) is 4.98 Å². The first-order chi connectivity index (χ1) is 13.7. The van der Waals surface area contributed by atoms with Crippen molar-refractivity contribution in [2.75, 3.05) is 14.2 Å². The molecule has 0 spiro atoms. The molecule has 0 saturated heterocycles. The molecule has 0 saturated carbocycles. The molecule has 0 radical (unpaired) electrons. The Balaban J connectivity index is 1.49. The Labute approximate surface area is 163 Å². The number of amides is 1. The van der Waals surface area contributed by atoms with Crippen LogP contribution < -0.4 is 14.8 Å². The van der Waals surface area contributed by atoms with Gasteiger partial charge in [-0.1, -0.05) is 0 Å². The van der Waals surface area contributed by atoms with E-state index in [1.165, 1.54) is 0 Å². The molecule has 0 aliphatic carbocycles. The maximum atomic E-state index is 12.4. The highest BCUT2D eigenvalue weighted by molar-refractivity contribution is 5.92. The van der Waals surface area contributed by atoms with E-state index in [-0.39, 0.29) is 11.8 Å². The predicted molar refractivity (Wildman–Crippen MR) is 103 cm³/mol. The molecule has 7 heteroatoms. The Morgan fingerprint density at radius 1 is 1.32 bits per heavy atom. The zero-order valence-electron chi connectivity index (χ0n) is 16.0. The Kier molecular flexibility index (Phi) is 5.06. The van der Waals surface area contributed by atoms with Crippen LogP contribution in [0, 0.1) is 0 Å². The molecule has 0 bridgehead atoms. The van der Waals surface area contributed by atoms with E-state index in [4.69, 9.17) is 13.9 Å². The van der Waals surface area contributed by atoms with Crippen LogP contribution in [-0.4, -0.2) is 29.7 Å². The molecule has 1 atom stereocenters. The van der Waals surface area contributed by atoms with E-state index in [1.807, 2.05) is 30.5 Å². The van der Waals surface area contributed by atoms with E-state index in [0.717, 1.165) is 42.3 Å². The number of furan rings is 1. The number of carbonyl (C=O) groups is 1. The highest BCUT2D eigenvalue weighted by atomic mass is 16.5.